The van der Waals surface area contributed by atoms with Crippen molar-refractivity contribution in [2.24, 2.45) is 0 Å². The van der Waals surface area contributed by atoms with Crippen molar-refractivity contribution < 1.29 is 9.90 Å². The molecule has 1 atom stereocenters. The van der Waals surface area contributed by atoms with Crippen LogP contribution < -0.4 is 0 Å². The van der Waals surface area contributed by atoms with E-state index in [1.165, 1.54) is 5.56 Å². The van der Waals surface area contributed by atoms with Gasteiger partial charge in [-0.25, -0.2) is 9.78 Å². The number of benzene rings is 2. The lowest BCUT2D eigenvalue weighted by Crippen LogP contribution is -2.00. The number of rotatable bonds is 4. The largest absolute Gasteiger partial charge is 0.478 e. The summed E-state index contributed by atoms with van der Waals surface area (Å²) in [5.41, 5.74) is 3.66. The van der Waals surface area contributed by atoms with Crippen LogP contribution in [-0.4, -0.2) is 16.1 Å². The van der Waals surface area contributed by atoms with Crippen LogP contribution in [0.3, 0.4) is 0 Å². The zero-order valence-electron chi connectivity index (χ0n) is 13.6. The monoisotopic (exact) mass is 339 g/mol. The van der Waals surface area contributed by atoms with Gasteiger partial charge >= 0.3 is 5.97 Å². The normalized spacial score (nSPS) is 12.3. The average Bonchev–Trinajstić information content (AvgIpc) is 2.60. The Kier molecular flexibility index (Phi) is 4.54. The molecule has 4 heteroatoms. The fourth-order valence-electron chi connectivity index (χ4n) is 2.74. The Morgan fingerprint density at radius 3 is 2.50 bits per heavy atom. The third kappa shape index (κ3) is 3.13. The molecule has 24 heavy (non-hydrogen) atoms. The maximum Gasteiger partial charge on any atom is 0.336 e. The van der Waals surface area contributed by atoms with Crippen LogP contribution in [0.1, 0.15) is 42.1 Å². The molecule has 0 amide bonds. The van der Waals surface area contributed by atoms with Gasteiger partial charge in [0.2, 0.25) is 0 Å². The van der Waals surface area contributed by atoms with Gasteiger partial charge in [0.05, 0.1) is 16.8 Å². The number of aromatic carboxylic acids is 1. The second kappa shape index (κ2) is 6.62. The molecule has 0 aliphatic carbocycles. The van der Waals surface area contributed by atoms with E-state index in [0.717, 1.165) is 12.0 Å². The molecule has 122 valence electrons. The molecule has 1 N–H and O–H groups in total. The van der Waals surface area contributed by atoms with Crippen molar-refractivity contribution in [2.75, 3.05) is 0 Å². The summed E-state index contributed by atoms with van der Waals surface area (Å²) in [6.07, 6.45) is 1.08. The minimum atomic E-state index is -0.984. The summed E-state index contributed by atoms with van der Waals surface area (Å²) in [5, 5.41) is 10.6. The molecule has 3 rings (SSSR count). The van der Waals surface area contributed by atoms with Gasteiger partial charge in [-0.2, -0.15) is 0 Å². The van der Waals surface area contributed by atoms with E-state index in [2.05, 4.69) is 31.0 Å². The van der Waals surface area contributed by atoms with E-state index >= 15 is 0 Å². The molecule has 1 heterocycles. The van der Waals surface area contributed by atoms with Crippen LogP contribution in [0.4, 0.5) is 0 Å². The van der Waals surface area contributed by atoms with Crippen molar-refractivity contribution in [3.8, 4) is 11.3 Å². The maximum atomic E-state index is 11.6. The summed E-state index contributed by atoms with van der Waals surface area (Å²) in [6.45, 7) is 4.35. The highest BCUT2D eigenvalue weighted by atomic mass is 35.5. The first kappa shape index (κ1) is 16.5. The standard InChI is InChI=1S/C20H18ClNO2/c1-3-12(2)13-4-6-14(7-5-13)19-11-17(20(23)24)16-10-15(21)8-9-18(16)22-19/h4-12H,3H2,1-2H3,(H,23,24)/t12-/m0/s1. The molecule has 3 aromatic rings. The first-order valence-electron chi connectivity index (χ1n) is 7.93. The number of nitrogens with zero attached hydrogens (tertiary/aromatic N) is 1. The molecule has 0 aliphatic heterocycles. The summed E-state index contributed by atoms with van der Waals surface area (Å²) in [6, 6.07) is 14.9. The Morgan fingerprint density at radius 1 is 1.17 bits per heavy atom. The zero-order chi connectivity index (χ0) is 17.3. The van der Waals surface area contributed by atoms with Crippen LogP contribution in [0.25, 0.3) is 22.2 Å². The molecule has 0 saturated carbocycles. The lowest BCUT2D eigenvalue weighted by atomic mass is 9.96. The Labute approximate surface area is 145 Å². The predicted molar refractivity (Wildman–Crippen MR) is 97.9 cm³/mol. The third-order valence-corrected chi connectivity index (χ3v) is 4.62. The molecule has 0 aliphatic rings. The Hall–Kier alpha value is -2.39. The Balaban J connectivity index is 2.13. The van der Waals surface area contributed by atoms with Gasteiger partial charge in [-0.05, 0) is 42.2 Å². The van der Waals surface area contributed by atoms with Crippen LogP contribution in [0.5, 0.6) is 0 Å². The molecule has 1 aromatic heterocycles. The first-order valence-corrected chi connectivity index (χ1v) is 8.31. The molecule has 0 bridgehead atoms. The van der Waals surface area contributed by atoms with E-state index in [9.17, 15) is 9.90 Å². The fourth-order valence-corrected chi connectivity index (χ4v) is 2.91. The molecule has 0 unspecified atom stereocenters. The van der Waals surface area contributed by atoms with Gasteiger partial charge in [0.15, 0.2) is 0 Å². The first-order chi connectivity index (χ1) is 11.5. The SMILES string of the molecule is CC[C@H](C)c1ccc(-c2cc(C(=O)O)c3cc(Cl)ccc3n2)cc1. The minimum Gasteiger partial charge on any atom is -0.478 e. The quantitative estimate of drug-likeness (QED) is 0.656. The van der Waals surface area contributed by atoms with E-state index in [4.69, 9.17) is 11.6 Å². The summed E-state index contributed by atoms with van der Waals surface area (Å²) in [5.74, 6) is -0.484. The molecule has 2 aromatic carbocycles. The lowest BCUT2D eigenvalue weighted by Gasteiger charge is -2.11. The van der Waals surface area contributed by atoms with Crippen LogP contribution in [0.2, 0.25) is 5.02 Å². The van der Waals surface area contributed by atoms with Gasteiger partial charge in [0.25, 0.3) is 0 Å². The van der Waals surface area contributed by atoms with E-state index < -0.39 is 5.97 Å². The second-order valence-corrected chi connectivity index (χ2v) is 6.39. The molecule has 0 saturated heterocycles. The lowest BCUT2D eigenvalue weighted by molar-refractivity contribution is 0.0699. The van der Waals surface area contributed by atoms with Crippen molar-refractivity contribution in [3.05, 3.63) is 64.7 Å². The molecule has 0 fully saturated rings. The molecule has 3 nitrogen and oxygen atoms in total. The highest BCUT2D eigenvalue weighted by molar-refractivity contribution is 6.31. The number of fused-ring (bicyclic) bond motifs is 1. The zero-order valence-corrected chi connectivity index (χ0v) is 14.3. The smallest absolute Gasteiger partial charge is 0.336 e. The Morgan fingerprint density at radius 2 is 1.88 bits per heavy atom. The van der Waals surface area contributed by atoms with E-state index in [1.807, 2.05) is 12.1 Å². The van der Waals surface area contributed by atoms with E-state index in [0.29, 0.717) is 27.5 Å². The van der Waals surface area contributed by atoms with Crippen molar-refractivity contribution in [1.82, 2.24) is 4.98 Å². The number of carboxylic acids is 1. The van der Waals surface area contributed by atoms with Crippen LogP contribution in [0.15, 0.2) is 48.5 Å². The minimum absolute atomic E-state index is 0.212. The van der Waals surface area contributed by atoms with E-state index in [1.54, 1.807) is 24.3 Å². The van der Waals surface area contributed by atoms with Crippen LogP contribution in [-0.2, 0) is 0 Å². The van der Waals surface area contributed by atoms with Gasteiger partial charge in [-0.3, -0.25) is 0 Å². The molecular weight excluding hydrogens is 322 g/mol. The summed E-state index contributed by atoms with van der Waals surface area (Å²) in [7, 11) is 0. The van der Waals surface area contributed by atoms with Crippen molar-refractivity contribution >= 4 is 28.5 Å². The van der Waals surface area contributed by atoms with Crippen molar-refractivity contribution in [2.45, 2.75) is 26.2 Å². The summed E-state index contributed by atoms with van der Waals surface area (Å²) in [4.78, 5) is 16.2. The van der Waals surface area contributed by atoms with Gasteiger partial charge in [0.1, 0.15) is 0 Å². The predicted octanol–water partition coefficient (Wildman–Crippen LogP) is 5.77. The van der Waals surface area contributed by atoms with Crippen LogP contribution >= 0.6 is 11.6 Å². The highest BCUT2D eigenvalue weighted by Crippen LogP contribution is 2.28. The number of pyridine rings is 1. The third-order valence-electron chi connectivity index (χ3n) is 4.39. The van der Waals surface area contributed by atoms with E-state index in [-0.39, 0.29) is 5.56 Å². The van der Waals surface area contributed by atoms with Gasteiger partial charge < -0.3 is 5.11 Å². The fraction of sp³-hybridized carbons (Fsp3) is 0.200. The molecule has 0 radical (unpaired) electrons. The summed E-state index contributed by atoms with van der Waals surface area (Å²) >= 11 is 5.99. The number of carboxylic acid groups (broad SMARTS) is 1. The number of carbonyl (C=O) groups is 1. The number of hydrogen-bond donors (Lipinski definition) is 1. The van der Waals surface area contributed by atoms with Gasteiger partial charge in [-0.1, -0.05) is 49.7 Å². The number of hydrogen-bond acceptors (Lipinski definition) is 2. The number of halogens is 1. The topological polar surface area (TPSA) is 50.2 Å². The average molecular weight is 340 g/mol. The van der Waals surface area contributed by atoms with Gasteiger partial charge in [0, 0.05) is 16.0 Å². The van der Waals surface area contributed by atoms with Gasteiger partial charge in [-0.15, -0.1) is 0 Å². The summed E-state index contributed by atoms with van der Waals surface area (Å²) < 4.78 is 0. The van der Waals surface area contributed by atoms with Crippen LogP contribution in [0, 0.1) is 0 Å². The maximum absolute atomic E-state index is 11.6. The molecule has 0 spiro atoms. The highest BCUT2D eigenvalue weighted by Gasteiger charge is 2.13. The van der Waals surface area contributed by atoms with Crippen molar-refractivity contribution in [1.29, 1.82) is 0 Å². The van der Waals surface area contributed by atoms with Crippen molar-refractivity contribution in [3.63, 3.8) is 0 Å². The second-order valence-electron chi connectivity index (χ2n) is 5.95. The number of aromatic nitrogens is 1. The Bertz CT molecular complexity index is 903. The molecular formula is C20H18ClNO2.